The number of carbonyl (C=O) groups excluding carboxylic acids is 2. The molecule has 9 nitrogen and oxygen atoms in total. The number of imidazole rings is 1. The van der Waals surface area contributed by atoms with E-state index >= 15 is 0 Å². The zero-order valence-electron chi connectivity index (χ0n) is 17.8. The van der Waals surface area contributed by atoms with Crippen molar-refractivity contribution in [3.05, 3.63) is 78.6 Å². The topological polar surface area (TPSA) is 119 Å². The van der Waals surface area contributed by atoms with Crippen LogP contribution in [0, 0.1) is 5.82 Å². The van der Waals surface area contributed by atoms with Gasteiger partial charge < -0.3 is 14.6 Å². The summed E-state index contributed by atoms with van der Waals surface area (Å²) in [7, 11) is -4.11. The molecule has 3 rings (SSSR count). The lowest BCUT2D eigenvalue weighted by molar-refractivity contribution is -0.142. The van der Waals surface area contributed by atoms with Gasteiger partial charge in [-0.15, -0.1) is 0 Å². The number of hydrogen-bond donors (Lipinski definition) is 2. The van der Waals surface area contributed by atoms with Crippen LogP contribution in [-0.4, -0.2) is 42.5 Å². The lowest BCUT2D eigenvalue weighted by Crippen LogP contribution is -2.46. The molecule has 1 aromatic heterocycles. The van der Waals surface area contributed by atoms with Gasteiger partial charge in [0.15, 0.2) is 0 Å². The van der Waals surface area contributed by atoms with E-state index in [1.54, 1.807) is 42.0 Å². The minimum absolute atomic E-state index is 0.0206. The summed E-state index contributed by atoms with van der Waals surface area (Å²) in [5, 5.41) is 2.67. The van der Waals surface area contributed by atoms with Gasteiger partial charge in [-0.1, -0.05) is 12.1 Å². The SMILES string of the molecule is CCOC(=O)Cc1ccc(NC(=O)[C@H](Cn2ccnc2)NS(=O)(=O)c2ccc(F)cc2)cc1. The van der Waals surface area contributed by atoms with Gasteiger partial charge in [0.2, 0.25) is 15.9 Å². The van der Waals surface area contributed by atoms with E-state index in [0.717, 1.165) is 24.3 Å². The highest BCUT2D eigenvalue weighted by Gasteiger charge is 2.26. The van der Waals surface area contributed by atoms with Crippen LogP contribution in [0.25, 0.3) is 0 Å². The maximum atomic E-state index is 13.2. The van der Waals surface area contributed by atoms with Crippen LogP contribution in [-0.2, 0) is 37.3 Å². The zero-order valence-corrected chi connectivity index (χ0v) is 18.6. The van der Waals surface area contributed by atoms with Gasteiger partial charge in [-0.05, 0) is 48.9 Å². The molecular formula is C22H23FN4O5S. The van der Waals surface area contributed by atoms with Crippen molar-refractivity contribution in [1.82, 2.24) is 14.3 Å². The number of hydrogen-bond acceptors (Lipinski definition) is 6. The van der Waals surface area contributed by atoms with Crippen molar-refractivity contribution in [3.63, 3.8) is 0 Å². The highest BCUT2D eigenvalue weighted by Crippen LogP contribution is 2.14. The number of sulfonamides is 1. The molecule has 1 amide bonds. The number of ether oxygens (including phenoxy) is 1. The fourth-order valence-corrected chi connectivity index (χ4v) is 4.15. The first-order valence-electron chi connectivity index (χ1n) is 10.1. The molecule has 0 unspecified atom stereocenters. The van der Waals surface area contributed by atoms with Crippen LogP contribution in [0.15, 0.2) is 72.1 Å². The van der Waals surface area contributed by atoms with E-state index < -0.39 is 27.8 Å². The molecule has 2 N–H and O–H groups in total. The van der Waals surface area contributed by atoms with E-state index in [9.17, 15) is 22.4 Å². The number of halogens is 1. The van der Waals surface area contributed by atoms with Gasteiger partial charge in [0.05, 0.1) is 24.3 Å². The number of rotatable bonds is 10. The van der Waals surface area contributed by atoms with E-state index in [-0.39, 0.29) is 23.8 Å². The van der Waals surface area contributed by atoms with Crippen molar-refractivity contribution in [2.75, 3.05) is 11.9 Å². The van der Waals surface area contributed by atoms with Crippen LogP contribution in [0.5, 0.6) is 0 Å². The predicted molar refractivity (Wildman–Crippen MR) is 118 cm³/mol. The van der Waals surface area contributed by atoms with Gasteiger partial charge in [-0.2, -0.15) is 4.72 Å². The average molecular weight is 475 g/mol. The number of amides is 1. The van der Waals surface area contributed by atoms with Gasteiger partial charge in [0.25, 0.3) is 0 Å². The summed E-state index contributed by atoms with van der Waals surface area (Å²) in [6, 6.07) is 9.64. The molecule has 0 fully saturated rings. The first-order chi connectivity index (χ1) is 15.8. The van der Waals surface area contributed by atoms with E-state index in [4.69, 9.17) is 4.74 Å². The molecule has 3 aromatic rings. The monoisotopic (exact) mass is 474 g/mol. The van der Waals surface area contributed by atoms with E-state index in [1.165, 1.54) is 12.5 Å². The zero-order chi connectivity index (χ0) is 23.8. The second-order valence-electron chi connectivity index (χ2n) is 7.06. The Morgan fingerprint density at radius 3 is 2.42 bits per heavy atom. The molecule has 33 heavy (non-hydrogen) atoms. The molecule has 0 bridgehead atoms. The molecule has 0 aliphatic carbocycles. The number of esters is 1. The molecule has 0 aliphatic rings. The fourth-order valence-electron chi connectivity index (χ4n) is 2.96. The number of nitrogens with one attached hydrogen (secondary N) is 2. The summed E-state index contributed by atoms with van der Waals surface area (Å²) >= 11 is 0. The third-order valence-corrected chi connectivity index (χ3v) is 6.05. The second-order valence-corrected chi connectivity index (χ2v) is 8.77. The molecule has 11 heteroatoms. The van der Waals surface area contributed by atoms with Gasteiger partial charge in [0.1, 0.15) is 11.9 Å². The minimum Gasteiger partial charge on any atom is -0.466 e. The summed E-state index contributed by atoms with van der Waals surface area (Å²) in [4.78, 5) is 28.3. The van der Waals surface area contributed by atoms with Crippen molar-refractivity contribution in [3.8, 4) is 0 Å². The van der Waals surface area contributed by atoms with Gasteiger partial charge in [-0.3, -0.25) is 9.59 Å². The lowest BCUT2D eigenvalue weighted by atomic mass is 10.1. The molecule has 2 aromatic carbocycles. The molecule has 0 saturated heterocycles. The van der Waals surface area contributed by atoms with Crippen LogP contribution in [0.4, 0.5) is 10.1 Å². The molecule has 0 radical (unpaired) electrons. The Labute approximate surface area is 190 Å². The Morgan fingerprint density at radius 1 is 1.12 bits per heavy atom. The normalized spacial score (nSPS) is 12.2. The fraction of sp³-hybridized carbons (Fsp3) is 0.227. The average Bonchev–Trinajstić information content (AvgIpc) is 3.28. The summed E-state index contributed by atoms with van der Waals surface area (Å²) in [5.41, 5.74) is 1.13. The lowest BCUT2D eigenvalue weighted by Gasteiger charge is -2.19. The van der Waals surface area contributed by atoms with Crippen molar-refractivity contribution < 1.29 is 27.1 Å². The van der Waals surface area contributed by atoms with Crippen LogP contribution in [0.1, 0.15) is 12.5 Å². The molecule has 0 saturated carbocycles. The largest absolute Gasteiger partial charge is 0.466 e. The van der Waals surface area contributed by atoms with Gasteiger partial charge >= 0.3 is 5.97 Å². The van der Waals surface area contributed by atoms with Gasteiger partial charge in [0, 0.05) is 24.6 Å². The van der Waals surface area contributed by atoms with Crippen molar-refractivity contribution >= 4 is 27.6 Å². The third-order valence-electron chi connectivity index (χ3n) is 4.57. The summed E-state index contributed by atoms with van der Waals surface area (Å²) in [6.45, 7) is 1.99. The third kappa shape index (κ3) is 6.96. The van der Waals surface area contributed by atoms with Crippen LogP contribution >= 0.6 is 0 Å². The highest BCUT2D eigenvalue weighted by molar-refractivity contribution is 7.89. The number of benzene rings is 2. The van der Waals surface area contributed by atoms with E-state index in [2.05, 4.69) is 15.0 Å². The Kier molecular flexibility index (Phi) is 7.91. The predicted octanol–water partition coefficient (Wildman–Crippen LogP) is 2.11. The summed E-state index contributed by atoms with van der Waals surface area (Å²) in [5.74, 6) is -1.54. The van der Waals surface area contributed by atoms with Crippen molar-refractivity contribution in [2.24, 2.45) is 0 Å². The molecule has 1 heterocycles. The standard InChI is InChI=1S/C22H23FN4O5S/c1-2-32-21(28)13-16-3-7-18(8-4-16)25-22(29)20(14-27-12-11-24-15-27)26-33(30,31)19-9-5-17(23)6-10-19/h3-12,15,20,26H,2,13-14H2,1H3,(H,25,29)/t20-/m0/s1. The summed E-state index contributed by atoms with van der Waals surface area (Å²) in [6.07, 6.45) is 4.65. The first-order valence-corrected chi connectivity index (χ1v) is 11.5. The van der Waals surface area contributed by atoms with Gasteiger partial charge in [-0.25, -0.2) is 17.8 Å². The van der Waals surface area contributed by atoms with Crippen LogP contribution in [0.3, 0.4) is 0 Å². The molecule has 174 valence electrons. The Morgan fingerprint density at radius 2 is 1.82 bits per heavy atom. The van der Waals surface area contributed by atoms with Crippen LogP contribution in [0.2, 0.25) is 0 Å². The smallest absolute Gasteiger partial charge is 0.310 e. The summed E-state index contributed by atoms with van der Waals surface area (Å²) < 4.78 is 47.5. The maximum absolute atomic E-state index is 13.2. The Hall–Kier alpha value is -3.57. The quantitative estimate of drug-likeness (QED) is 0.435. The molecule has 0 aliphatic heterocycles. The van der Waals surface area contributed by atoms with E-state index in [0.29, 0.717) is 17.9 Å². The number of aromatic nitrogens is 2. The maximum Gasteiger partial charge on any atom is 0.310 e. The van der Waals surface area contributed by atoms with Crippen molar-refractivity contribution in [1.29, 1.82) is 0 Å². The van der Waals surface area contributed by atoms with Crippen LogP contribution < -0.4 is 10.0 Å². The molecule has 0 spiro atoms. The van der Waals surface area contributed by atoms with Crippen molar-refractivity contribution in [2.45, 2.75) is 30.8 Å². The number of nitrogens with zero attached hydrogens (tertiary/aromatic N) is 2. The molecule has 1 atom stereocenters. The second kappa shape index (κ2) is 10.8. The van der Waals surface area contributed by atoms with E-state index in [1.807, 2.05) is 0 Å². The first kappa shape index (κ1) is 24.1. The number of carbonyl (C=O) groups is 2. The number of anilines is 1. The Balaban J connectivity index is 1.74. The minimum atomic E-state index is -4.11. The Bertz CT molecular complexity index is 1180. The molecular weight excluding hydrogens is 451 g/mol. The highest BCUT2D eigenvalue weighted by atomic mass is 32.2.